The molecule has 0 spiro atoms. The van der Waals surface area contributed by atoms with Crippen LogP contribution in [-0.4, -0.2) is 52.3 Å². The van der Waals surface area contributed by atoms with Crippen molar-refractivity contribution in [3.05, 3.63) is 11.9 Å². The molecular weight excluding hydrogens is 334 g/mol. The number of ether oxygens (including phenoxy) is 3. The molecule has 2 atom stereocenters. The second kappa shape index (κ2) is 11.4. The standard InChI is InChI=1S/C19H33N3O4/c1-15(2)26-18-8-10-25-19(11-18)14-24-13-17-12-22(21-20-17)9-6-4-5-7-16(3)23/h12,15,18-19H,4-11,13-14H2,1-3H3/t18-,19+/m1/s1. The molecule has 0 radical (unpaired) electrons. The van der Waals surface area contributed by atoms with Crippen molar-refractivity contribution in [1.29, 1.82) is 0 Å². The molecule has 148 valence electrons. The highest BCUT2D eigenvalue weighted by Gasteiger charge is 2.24. The zero-order valence-corrected chi connectivity index (χ0v) is 16.4. The Morgan fingerprint density at radius 3 is 3.00 bits per heavy atom. The van der Waals surface area contributed by atoms with Gasteiger partial charge in [0.25, 0.3) is 0 Å². The Bertz CT molecular complexity index is 533. The Kier molecular flexibility index (Phi) is 9.22. The van der Waals surface area contributed by atoms with Gasteiger partial charge in [0.2, 0.25) is 0 Å². The van der Waals surface area contributed by atoms with Gasteiger partial charge in [-0.25, -0.2) is 0 Å². The monoisotopic (exact) mass is 367 g/mol. The number of hydrogen-bond acceptors (Lipinski definition) is 6. The van der Waals surface area contributed by atoms with E-state index in [1.807, 2.05) is 10.9 Å². The lowest BCUT2D eigenvalue weighted by Crippen LogP contribution is -2.35. The normalized spacial score (nSPS) is 20.6. The summed E-state index contributed by atoms with van der Waals surface area (Å²) in [6.07, 6.45) is 8.01. The molecular formula is C19H33N3O4. The van der Waals surface area contributed by atoms with Crippen molar-refractivity contribution < 1.29 is 19.0 Å². The first-order valence-corrected chi connectivity index (χ1v) is 9.76. The van der Waals surface area contributed by atoms with Crippen molar-refractivity contribution in [2.45, 2.75) is 90.8 Å². The number of aryl methyl sites for hydroxylation is 1. The molecule has 1 fully saturated rings. The van der Waals surface area contributed by atoms with Crippen molar-refractivity contribution in [3.8, 4) is 0 Å². The maximum atomic E-state index is 10.9. The molecule has 1 saturated heterocycles. The molecule has 1 aromatic rings. The number of ketones is 1. The van der Waals surface area contributed by atoms with Crippen LogP contribution in [-0.2, 0) is 32.2 Å². The molecule has 0 N–H and O–H groups in total. The maximum absolute atomic E-state index is 10.9. The molecule has 7 nitrogen and oxygen atoms in total. The first-order chi connectivity index (χ1) is 12.5. The van der Waals surface area contributed by atoms with E-state index in [0.717, 1.165) is 50.9 Å². The fourth-order valence-corrected chi connectivity index (χ4v) is 3.10. The van der Waals surface area contributed by atoms with Crippen LogP contribution in [0.25, 0.3) is 0 Å². The smallest absolute Gasteiger partial charge is 0.129 e. The van der Waals surface area contributed by atoms with E-state index >= 15 is 0 Å². The van der Waals surface area contributed by atoms with Gasteiger partial charge in [-0.3, -0.25) is 4.68 Å². The summed E-state index contributed by atoms with van der Waals surface area (Å²) in [7, 11) is 0. The van der Waals surface area contributed by atoms with Crippen molar-refractivity contribution in [2.24, 2.45) is 0 Å². The van der Waals surface area contributed by atoms with Gasteiger partial charge in [0.15, 0.2) is 0 Å². The first kappa shape index (κ1) is 21.0. The van der Waals surface area contributed by atoms with Gasteiger partial charge in [-0.15, -0.1) is 5.10 Å². The SMILES string of the molecule is CC(=O)CCCCCn1cc(COC[C@@H]2C[C@H](OC(C)C)CCO2)nn1. The number of unbranched alkanes of at least 4 members (excludes halogenated alkanes) is 2. The molecule has 0 amide bonds. The van der Waals surface area contributed by atoms with E-state index in [2.05, 4.69) is 24.2 Å². The van der Waals surface area contributed by atoms with Gasteiger partial charge in [-0.2, -0.15) is 0 Å². The number of Topliss-reactive ketones (excluding diaryl/α,β-unsaturated/α-hetero) is 1. The fraction of sp³-hybridized carbons (Fsp3) is 0.842. The summed E-state index contributed by atoms with van der Waals surface area (Å²) < 4.78 is 19.2. The van der Waals surface area contributed by atoms with Gasteiger partial charge in [0.1, 0.15) is 11.5 Å². The second-order valence-electron chi connectivity index (χ2n) is 7.32. The van der Waals surface area contributed by atoms with Crippen LogP contribution in [0.15, 0.2) is 6.20 Å². The van der Waals surface area contributed by atoms with Gasteiger partial charge in [0.05, 0.1) is 37.7 Å². The van der Waals surface area contributed by atoms with Crippen LogP contribution in [0, 0.1) is 0 Å². The summed E-state index contributed by atoms with van der Waals surface area (Å²) in [5, 5.41) is 8.28. The van der Waals surface area contributed by atoms with Crippen LogP contribution in [0.2, 0.25) is 0 Å². The maximum Gasteiger partial charge on any atom is 0.129 e. The summed E-state index contributed by atoms with van der Waals surface area (Å²) in [5.74, 6) is 0.259. The Labute approximate surface area is 156 Å². The molecule has 7 heteroatoms. The lowest BCUT2D eigenvalue weighted by atomic mass is 10.1. The van der Waals surface area contributed by atoms with E-state index < -0.39 is 0 Å². The predicted molar refractivity (Wildman–Crippen MR) is 97.8 cm³/mol. The third kappa shape index (κ3) is 8.38. The summed E-state index contributed by atoms with van der Waals surface area (Å²) >= 11 is 0. The lowest BCUT2D eigenvalue weighted by molar-refractivity contribution is -0.117. The van der Waals surface area contributed by atoms with Crippen LogP contribution in [0.3, 0.4) is 0 Å². The third-order valence-electron chi connectivity index (χ3n) is 4.34. The molecule has 1 aliphatic heterocycles. The molecule has 0 aromatic carbocycles. The summed E-state index contributed by atoms with van der Waals surface area (Å²) in [6.45, 7) is 8.31. The molecule has 0 bridgehead atoms. The van der Waals surface area contributed by atoms with E-state index in [9.17, 15) is 4.79 Å². The highest BCUT2D eigenvalue weighted by molar-refractivity contribution is 5.75. The van der Waals surface area contributed by atoms with Crippen LogP contribution in [0.5, 0.6) is 0 Å². The van der Waals surface area contributed by atoms with Gasteiger partial charge >= 0.3 is 0 Å². The Balaban J connectivity index is 1.59. The zero-order valence-electron chi connectivity index (χ0n) is 16.4. The summed E-state index contributed by atoms with van der Waals surface area (Å²) in [5.41, 5.74) is 0.833. The average Bonchev–Trinajstić information content (AvgIpc) is 3.02. The molecule has 0 aliphatic carbocycles. The summed E-state index contributed by atoms with van der Waals surface area (Å²) in [4.78, 5) is 10.9. The number of rotatable bonds is 12. The van der Waals surface area contributed by atoms with E-state index in [-0.39, 0.29) is 24.1 Å². The fourth-order valence-electron chi connectivity index (χ4n) is 3.10. The first-order valence-electron chi connectivity index (χ1n) is 9.76. The van der Waals surface area contributed by atoms with Crippen molar-refractivity contribution in [2.75, 3.05) is 13.2 Å². The van der Waals surface area contributed by atoms with E-state index in [4.69, 9.17) is 14.2 Å². The van der Waals surface area contributed by atoms with E-state index in [1.165, 1.54) is 0 Å². The van der Waals surface area contributed by atoms with Gasteiger partial charge in [0, 0.05) is 26.0 Å². The van der Waals surface area contributed by atoms with Gasteiger partial charge in [-0.1, -0.05) is 11.6 Å². The van der Waals surface area contributed by atoms with Crippen LogP contribution in [0.1, 0.15) is 65.0 Å². The minimum Gasteiger partial charge on any atom is -0.376 e. The second-order valence-corrected chi connectivity index (χ2v) is 7.32. The highest BCUT2D eigenvalue weighted by atomic mass is 16.5. The molecule has 2 heterocycles. The lowest BCUT2D eigenvalue weighted by Gasteiger charge is -2.30. The topological polar surface area (TPSA) is 75.5 Å². The Hall–Kier alpha value is -1.31. The molecule has 0 saturated carbocycles. The quantitative estimate of drug-likeness (QED) is 0.529. The molecule has 26 heavy (non-hydrogen) atoms. The van der Waals surface area contributed by atoms with Gasteiger partial charge in [-0.05, 0) is 40.0 Å². The third-order valence-corrected chi connectivity index (χ3v) is 4.34. The van der Waals surface area contributed by atoms with Crippen molar-refractivity contribution in [3.63, 3.8) is 0 Å². The van der Waals surface area contributed by atoms with Crippen LogP contribution in [0.4, 0.5) is 0 Å². The van der Waals surface area contributed by atoms with Crippen LogP contribution < -0.4 is 0 Å². The number of carbonyl (C=O) groups excluding carboxylic acids is 1. The van der Waals surface area contributed by atoms with Crippen molar-refractivity contribution >= 4 is 5.78 Å². The number of nitrogens with zero attached hydrogens (tertiary/aromatic N) is 3. The Morgan fingerprint density at radius 2 is 2.23 bits per heavy atom. The largest absolute Gasteiger partial charge is 0.376 e. The minimum atomic E-state index is 0.0869. The zero-order chi connectivity index (χ0) is 18.8. The minimum absolute atomic E-state index is 0.0869. The van der Waals surface area contributed by atoms with Crippen molar-refractivity contribution in [1.82, 2.24) is 15.0 Å². The number of carbonyl (C=O) groups is 1. The predicted octanol–water partition coefficient (Wildman–Crippen LogP) is 2.92. The highest BCUT2D eigenvalue weighted by Crippen LogP contribution is 2.19. The van der Waals surface area contributed by atoms with Gasteiger partial charge < -0.3 is 19.0 Å². The molecule has 1 aromatic heterocycles. The van der Waals surface area contributed by atoms with E-state index in [0.29, 0.717) is 19.6 Å². The van der Waals surface area contributed by atoms with E-state index in [1.54, 1.807) is 6.92 Å². The van der Waals surface area contributed by atoms with Crippen LogP contribution >= 0.6 is 0 Å². The molecule has 1 aliphatic rings. The number of hydrogen-bond donors (Lipinski definition) is 0. The Morgan fingerprint density at radius 1 is 1.38 bits per heavy atom. The summed E-state index contributed by atoms with van der Waals surface area (Å²) in [6, 6.07) is 0. The molecule has 2 rings (SSSR count). The molecule has 0 unspecified atom stereocenters. The number of aromatic nitrogens is 3. The average molecular weight is 367 g/mol.